The van der Waals surface area contributed by atoms with Crippen molar-refractivity contribution in [3.63, 3.8) is 0 Å². The first-order chi connectivity index (χ1) is 12.2. The van der Waals surface area contributed by atoms with E-state index in [1.807, 2.05) is 6.92 Å². The Kier molecular flexibility index (Phi) is 5.60. The Bertz CT molecular complexity index is 736. The standard InChI is InChI=1S/C19H22FN3O2/c1-2-25-16-8-5-11-23(13-16)19(24)17-9-4-10-21-18(17)22-15-7-3-6-14(20)12-15/h3-4,6-7,9-10,12,16H,2,5,8,11,13H2,1H3,(H,21,22)/t16-/m0/s1. The summed E-state index contributed by atoms with van der Waals surface area (Å²) < 4.78 is 19.1. The maximum atomic E-state index is 13.4. The molecule has 0 unspecified atom stereocenters. The van der Waals surface area contributed by atoms with E-state index in [4.69, 9.17) is 4.74 Å². The molecule has 1 aliphatic heterocycles. The number of rotatable bonds is 5. The maximum absolute atomic E-state index is 13.4. The first kappa shape index (κ1) is 17.4. The number of hydrogen-bond acceptors (Lipinski definition) is 4. The van der Waals surface area contributed by atoms with Gasteiger partial charge < -0.3 is 15.0 Å². The van der Waals surface area contributed by atoms with E-state index in [0.717, 1.165) is 12.8 Å². The molecular weight excluding hydrogens is 321 g/mol. The van der Waals surface area contributed by atoms with Gasteiger partial charge in [0, 0.05) is 31.6 Å². The average Bonchev–Trinajstić information content (AvgIpc) is 2.62. The first-order valence-corrected chi connectivity index (χ1v) is 8.56. The molecule has 1 saturated heterocycles. The number of nitrogens with zero attached hydrogens (tertiary/aromatic N) is 2. The van der Waals surface area contributed by atoms with E-state index in [2.05, 4.69) is 10.3 Å². The Morgan fingerprint density at radius 1 is 1.40 bits per heavy atom. The predicted octanol–water partition coefficient (Wildman–Crippen LogP) is 3.61. The highest BCUT2D eigenvalue weighted by Gasteiger charge is 2.26. The highest BCUT2D eigenvalue weighted by molar-refractivity contribution is 5.99. The lowest BCUT2D eigenvalue weighted by Crippen LogP contribution is -2.43. The highest BCUT2D eigenvalue weighted by Crippen LogP contribution is 2.22. The summed E-state index contributed by atoms with van der Waals surface area (Å²) in [5.41, 5.74) is 1.03. The van der Waals surface area contributed by atoms with Crippen molar-refractivity contribution in [1.82, 2.24) is 9.88 Å². The van der Waals surface area contributed by atoms with Crippen molar-refractivity contribution in [2.75, 3.05) is 25.0 Å². The van der Waals surface area contributed by atoms with Gasteiger partial charge in [0.2, 0.25) is 0 Å². The lowest BCUT2D eigenvalue weighted by Gasteiger charge is -2.32. The van der Waals surface area contributed by atoms with Gasteiger partial charge in [0.15, 0.2) is 0 Å². The Morgan fingerprint density at radius 3 is 3.08 bits per heavy atom. The van der Waals surface area contributed by atoms with Crippen molar-refractivity contribution in [2.45, 2.75) is 25.9 Å². The van der Waals surface area contributed by atoms with Crippen LogP contribution in [0.3, 0.4) is 0 Å². The quantitative estimate of drug-likeness (QED) is 0.901. The van der Waals surface area contributed by atoms with Crippen molar-refractivity contribution in [1.29, 1.82) is 0 Å². The van der Waals surface area contributed by atoms with Gasteiger partial charge in [0.05, 0.1) is 11.7 Å². The molecule has 0 aliphatic carbocycles. The Morgan fingerprint density at radius 2 is 2.28 bits per heavy atom. The number of amides is 1. The lowest BCUT2D eigenvalue weighted by atomic mass is 10.1. The lowest BCUT2D eigenvalue weighted by molar-refractivity contribution is 0.00726. The van der Waals surface area contributed by atoms with E-state index in [9.17, 15) is 9.18 Å². The number of aromatic nitrogens is 1. The molecule has 0 radical (unpaired) electrons. The second kappa shape index (κ2) is 8.07. The van der Waals surface area contributed by atoms with Crippen LogP contribution in [-0.4, -0.2) is 41.6 Å². The molecule has 1 aromatic heterocycles. The second-order valence-corrected chi connectivity index (χ2v) is 6.01. The normalized spacial score (nSPS) is 17.4. The number of piperidine rings is 1. The number of hydrogen-bond donors (Lipinski definition) is 1. The van der Waals surface area contributed by atoms with Crippen molar-refractivity contribution in [2.24, 2.45) is 0 Å². The molecule has 1 N–H and O–H groups in total. The zero-order chi connectivity index (χ0) is 17.6. The van der Waals surface area contributed by atoms with Crippen LogP contribution in [0.2, 0.25) is 0 Å². The molecule has 1 atom stereocenters. The van der Waals surface area contributed by atoms with E-state index in [-0.39, 0.29) is 17.8 Å². The third kappa shape index (κ3) is 4.33. The minimum absolute atomic E-state index is 0.0824. The van der Waals surface area contributed by atoms with Crippen molar-refractivity contribution in [3.8, 4) is 0 Å². The van der Waals surface area contributed by atoms with Gasteiger partial charge in [-0.3, -0.25) is 4.79 Å². The minimum Gasteiger partial charge on any atom is -0.377 e. The van der Waals surface area contributed by atoms with Crippen LogP contribution in [0.15, 0.2) is 42.6 Å². The summed E-state index contributed by atoms with van der Waals surface area (Å²) in [6.07, 6.45) is 3.58. The van der Waals surface area contributed by atoms with Gasteiger partial charge in [0.1, 0.15) is 11.6 Å². The molecule has 1 aromatic carbocycles. The number of anilines is 2. The summed E-state index contributed by atoms with van der Waals surface area (Å²) in [5, 5.41) is 3.04. The fourth-order valence-corrected chi connectivity index (χ4v) is 3.05. The van der Waals surface area contributed by atoms with E-state index in [1.54, 1.807) is 35.4 Å². The Hall–Kier alpha value is -2.47. The van der Waals surface area contributed by atoms with Crippen LogP contribution in [0.4, 0.5) is 15.9 Å². The fraction of sp³-hybridized carbons (Fsp3) is 0.368. The van der Waals surface area contributed by atoms with Gasteiger partial charge in [0.25, 0.3) is 5.91 Å². The molecule has 1 aliphatic rings. The predicted molar refractivity (Wildman–Crippen MR) is 94.5 cm³/mol. The highest BCUT2D eigenvalue weighted by atomic mass is 19.1. The number of likely N-dealkylation sites (tertiary alicyclic amines) is 1. The molecule has 0 saturated carbocycles. The molecule has 25 heavy (non-hydrogen) atoms. The summed E-state index contributed by atoms with van der Waals surface area (Å²) >= 11 is 0. The number of halogens is 1. The maximum Gasteiger partial charge on any atom is 0.257 e. The molecule has 2 heterocycles. The Balaban J connectivity index is 1.79. The second-order valence-electron chi connectivity index (χ2n) is 6.01. The molecule has 1 amide bonds. The number of benzene rings is 1. The fourth-order valence-electron chi connectivity index (χ4n) is 3.05. The van der Waals surface area contributed by atoms with E-state index in [0.29, 0.717) is 36.8 Å². The molecule has 2 aromatic rings. The molecule has 1 fully saturated rings. The topological polar surface area (TPSA) is 54.5 Å². The van der Waals surface area contributed by atoms with Gasteiger partial charge >= 0.3 is 0 Å². The largest absolute Gasteiger partial charge is 0.377 e. The van der Waals surface area contributed by atoms with Crippen molar-refractivity contribution in [3.05, 3.63) is 54.0 Å². The summed E-state index contributed by atoms with van der Waals surface area (Å²) in [6, 6.07) is 9.55. The van der Waals surface area contributed by atoms with Gasteiger partial charge in [-0.15, -0.1) is 0 Å². The molecule has 0 bridgehead atoms. The zero-order valence-corrected chi connectivity index (χ0v) is 14.2. The van der Waals surface area contributed by atoms with Crippen molar-refractivity contribution >= 4 is 17.4 Å². The molecule has 132 valence electrons. The number of carbonyl (C=O) groups is 1. The van der Waals surface area contributed by atoms with Gasteiger partial charge in [-0.2, -0.15) is 0 Å². The summed E-state index contributed by atoms with van der Waals surface area (Å²) in [4.78, 5) is 19.0. The first-order valence-electron chi connectivity index (χ1n) is 8.56. The van der Waals surface area contributed by atoms with E-state index < -0.39 is 0 Å². The summed E-state index contributed by atoms with van der Waals surface area (Å²) in [7, 11) is 0. The number of nitrogens with one attached hydrogen (secondary N) is 1. The van der Waals surface area contributed by atoms with Crippen molar-refractivity contribution < 1.29 is 13.9 Å². The molecule has 6 heteroatoms. The third-order valence-electron chi connectivity index (χ3n) is 4.19. The minimum atomic E-state index is -0.343. The van der Waals surface area contributed by atoms with Crippen LogP contribution >= 0.6 is 0 Å². The van der Waals surface area contributed by atoms with Crippen LogP contribution in [-0.2, 0) is 4.74 Å². The van der Waals surface area contributed by atoms with E-state index in [1.165, 1.54) is 12.1 Å². The van der Waals surface area contributed by atoms with Crippen LogP contribution in [0.1, 0.15) is 30.1 Å². The van der Waals surface area contributed by atoms with Crippen LogP contribution in [0.25, 0.3) is 0 Å². The number of pyridine rings is 1. The molecule has 3 rings (SSSR count). The van der Waals surface area contributed by atoms with E-state index >= 15 is 0 Å². The summed E-state index contributed by atoms with van der Waals surface area (Å²) in [5.74, 6) is -0.00238. The summed E-state index contributed by atoms with van der Waals surface area (Å²) in [6.45, 7) is 3.90. The van der Waals surface area contributed by atoms with Crippen LogP contribution in [0, 0.1) is 5.82 Å². The van der Waals surface area contributed by atoms with Gasteiger partial charge in [-0.25, -0.2) is 9.37 Å². The number of carbonyl (C=O) groups excluding carboxylic acids is 1. The van der Waals surface area contributed by atoms with Gasteiger partial charge in [-0.05, 0) is 50.1 Å². The van der Waals surface area contributed by atoms with Crippen LogP contribution in [0.5, 0.6) is 0 Å². The third-order valence-corrected chi connectivity index (χ3v) is 4.19. The smallest absolute Gasteiger partial charge is 0.257 e. The van der Waals surface area contributed by atoms with Crippen LogP contribution < -0.4 is 5.32 Å². The zero-order valence-electron chi connectivity index (χ0n) is 14.2. The molecule has 0 spiro atoms. The average molecular weight is 343 g/mol. The number of ether oxygens (including phenoxy) is 1. The molecular formula is C19H22FN3O2. The monoisotopic (exact) mass is 343 g/mol. The van der Waals surface area contributed by atoms with Gasteiger partial charge in [-0.1, -0.05) is 6.07 Å². The Labute approximate surface area is 146 Å². The molecule has 5 nitrogen and oxygen atoms in total. The SMILES string of the molecule is CCO[C@H]1CCCN(C(=O)c2cccnc2Nc2cccc(F)c2)C1.